The minimum Gasteiger partial charge on any atom is -0.485 e. The van der Waals surface area contributed by atoms with Gasteiger partial charge in [0.05, 0.1) is 5.56 Å². The van der Waals surface area contributed by atoms with E-state index in [1.54, 1.807) is 36.7 Å². The van der Waals surface area contributed by atoms with Gasteiger partial charge >= 0.3 is 0 Å². The number of hydrogen-bond donors (Lipinski definition) is 1. The normalized spacial score (nSPS) is 10.1. The minimum atomic E-state index is -0.0914. The molecular weight excluding hydrogens is 230 g/mol. The van der Waals surface area contributed by atoms with Gasteiger partial charge in [0.25, 0.3) is 0 Å². The topological polar surface area (TPSA) is 78.1 Å². The molecule has 0 saturated heterocycles. The number of rotatable bonds is 4. The van der Waals surface area contributed by atoms with E-state index in [2.05, 4.69) is 9.97 Å². The van der Waals surface area contributed by atoms with Crippen molar-refractivity contribution in [1.82, 2.24) is 9.97 Å². The standard InChI is InChI=1S/C13H13N3O2/c1-9(17)11-7-10(14)3-4-12(11)18-8-13-15-5-2-6-16-13/h2-7H,8,14H2,1H3. The number of aromatic nitrogens is 2. The Kier molecular flexibility index (Phi) is 3.52. The Hall–Kier alpha value is -2.43. The number of hydrogen-bond acceptors (Lipinski definition) is 5. The quantitative estimate of drug-likeness (QED) is 0.654. The van der Waals surface area contributed by atoms with Gasteiger partial charge in [-0.05, 0) is 31.2 Å². The molecule has 0 spiro atoms. The number of anilines is 1. The van der Waals surface area contributed by atoms with E-state index in [1.165, 1.54) is 6.92 Å². The van der Waals surface area contributed by atoms with Crippen molar-refractivity contribution in [3.63, 3.8) is 0 Å². The highest BCUT2D eigenvalue weighted by Crippen LogP contribution is 2.22. The van der Waals surface area contributed by atoms with Crippen LogP contribution in [0.3, 0.4) is 0 Å². The van der Waals surface area contributed by atoms with E-state index >= 15 is 0 Å². The first-order valence-corrected chi connectivity index (χ1v) is 5.46. The molecule has 1 aromatic heterocycles. The molecule has 1 aromatic carbocycles. The number of nitrogen functional groups attached to an aromatic ring is 1. The summed E-state index contributed by atoms with van der Waals surface area (Å²) in [6, 6.07) is 6.69. The maximum absolute atomic E-state index is 11.5. The summed E-state index contributed by atoms with van der Waals surface area (Å²) in [6.07, 6.45) is 3.28. The van der Waals surface area contributed by atoms with E-state index in [1.807, 2.05) is 0 Å². The van der Waals surface area contributed by atoms with E-state index < -0.39 is 0 Å². The summed E-state index contributed by atoms with van der Waals surface area (Å²) in [5, 5.41) is 0. The lowest BCUT2D eigenvalue weighted by Crippen LogP contribution is -2.04. The molecule has 0 radical (unpaired) electrons. The van der Waals surface area contributed by atoms with Gasteiger partial charge in [-0.15, -0.1) is 0 Å². The second-order valence-corrected chi connectivity index (χ2v) is 3.77. The highest BCUT2D eigenvalue weighted by molar-refractivity contribution is 5.97. The van der Waals surface area contributed by atoms with Crippen molar-refractivity contribution in [2.45, 2.75) is 13.5 Å². The van der Waals surface area contributed by atoms with E-state index in [0.717, 1.165) is 0 Å². The third kappa shape index (κ3) is 2.82. The number of carbonyl (C=O) groups excluding carboxylic acids is 1. The zero-order chi connectivity index (χ0) is 13.0. The molecule has 0 aliphatic rings. The molecule has 0 aliphatic heterocycles. The maximum Gasteiger partial charge on any atom is 0.166 e. The molecule has 5 heteroatoms. The highest BCUT2D eigenvalue weighted by Gasteiger charge is 2.09. The lowest BCUT2D eigenvalue weighted by Gasteiger charge is -2.09. The average molecular weight is 243 g/mol. The molecule has 0 bridgehead atoms. The van der Waals surface area contributed by atoms with E-state index in [0.29, 0.717) is 22.8 Å². The molecule has 1 heterocycles. The SMILES string of the molecule is CC(=O)c1cc(N)ccc1OCc1ncccn1. The van der Waals surface area contributed by atoms with Gasteiger partial charge in [-0.1, -0.05) is 0 Å². The highest BCUT2D eigenvalue weighted by atomic mass is 16.5. The summed E-state index contributed by atoms with van der Waals surface area (Å²) in [5.74, 6) is 0.958. The molecule has 2 N–H and O–H groups in total. The van der Waals surface area contributed by atoms with Crippen molar-refractivity contribution in [2.75, 3.05) is 5.73 Å². The van der Waals surface area contributed by atoms with Crippen LogP contribution in [0, 0.1) is 0 Å². The third-order valence-electron chi connectivity index (χ3n) is 2.36. The summed E-state index contributed by atoms with van der Waals surface area (Å²) in [6.45, 7) is 1.69. The van der Waals surface area contributed by atoms with Gasteiger partial charge in [0, 0.05) is 18.1 Å². The maximum atomic E-state index is 11.5. The fourth-order valence-corrected chi connectivity index (χ4v) is 1.50. The molecule has 92 valence electrons. The minimum absolute atomic E-state index is 0.0914. The predicted molar refractivity (Wildman–Crippen MR) is 67.2 cm³/mol. The lowest BCUT2D eigenvalue weighted by atomic mass is 10.1. The van der Waals surface area contributed by atoms with Gasteiger partial charge in [0.2, 0.25) is 0 Å². The summed E-state index contributed by atoms with van der Waals surface area (Å²) in [7, 11) is 0. The van der Waals surface area contributed by atoms with Gasteiger partial charge in [-0.25, -0.2) is 9.97 Å². The number of ketones is 1. The summed E-state index contributed by atoms with van der Waals surface area (Å²) < 4.78 is 5.54. The molecule has 0 unspecified atom stereocenters. The molecular formula is C13H13N3O2. The fourth-order valence-electron chi connectivity index (χ4n) is 1.50. The lowest BCUT2D eigenvalue weighted by molar-refractivity contribution is 0.101. The van der Waals surface area contributed by atoms with Crippen LogP contribution in [-0.4, -0.2) is 15.8 Å². The van der Waals surface area contributed by atoms with Crippen LogP contribution in [-0.2, 0) is 6.61 Å². The molecule has 0 aliphatic carbocycles. The smallest absolute Gasteiger partial charge is 0.166 e. The molecule has 2 rings (SSSR count). The van der Waals surface area contributed by atoms with Crippen LogP contribution in [0.1, 0.15) is 23.1 Å². The van der Waals surface area contributed by atoms with Crippen LogP contribution in [0.25, 0.3) is 0 Å². The van der Waals surface area contributed by atoms with Crippen LogP contribution >= 0.6 is 0 Å². The van der Waals surface area contributed by atoms with Crippen molar-refractivity contribution in [3.8, 4) is 5.75 Å². The first-order chi connectivity index (χ1) is 8.66. The van der Waals surface area contributed by atoms with Gasteiger partial charge in [-0.2, -0.15) is 0 Å². The van der Waals surface area contributed by atoms with E-state index in [4.69, 9.17) is 10.5 Å². The predicted octanol–water partition coefficient (Wildman–Crippen LogP) is 1.84. The van der Waals surface area contributed by atoms with Crippen molar-refractivity contribution >= 4 is 11.5 Å². The Bertz CT molecular complexity index is 555. The number of nitrogens with zero attached hydrogens (tertiary/aromatic N) is 2. The van der Waals surface area contributed by atoms with Crippen molar-refractivity contribution in [3.05, 3.63) is 48.0 Å². The monoisotopic (exact) mass is 243 g/mol. The molecule has 0 atom stereocenters. The van der Waals surface area contributed by atoms with Gasteiger partial charge in [-0.3, -0.25) is 4.79 Å². The summed E-state index contributed by atoms with van der Waals surface area (Å²) >= 11 is 0. The Labute approximate surface area is 105 Å². The number of nitrogens with two attached hydrogens (primary N) is 1. The van der Waals surface area contributed by atoms with E-state index in [-0.39, 0.29) is 12.4 Å². The van der Waals surface area contributed by atoms with Crippen LogP contribution < -0.4 is 10.5 Å². The number of benzene rings is 1. The van der Waals surface area contributed by atoms with Crippen molar-refractivity contribution < 1.29 is 9.53 Å². The Morgan fingerprint density at radius 3 is 2.72 bits per heavy atom. The van der Waals surface area contributed by atoms with Gasteiger partial charge in [0.1, 0.15) is 12.4 Å². The molecule has 18 heavy (non-hydrogen) atoms. The van der Waals surface area contributed by atoms with Crippen molar-refractivity contribution in [1.29, 1.82) is 0 Å². The van der Waals surface area contributed by atoms with Gasteiger partial charge < -0.3 is 10.5 Å². The fraction of sp³-hybridized carbons (Fsp3) is 0.154. The molecule has 5 nitrogen and oxygen atoms in total. The Morgan fingerprint density at radius 1 is 1.33 bits per heavy atom. The molecule has 0 fully saturated rings. The largest absolute Gasteiger partial charge is 0.485 e. The van der Waals surface area contributed by atoms with Gasteiger partial charge in [0.15, 0.2) is 11.6 Å². The third-order valence-corrected chi connectivity index (χ3v) is 2.36. The molecule has 2 aromatic rings. The Balaban J connectivity index is 2.17. The second-order valence-electron chi connectivity index (χ2n) is 3.77. The number of carbonyl (C=O) groups is 1. The number of Topliss-reactive ketones (excluding diaryl/α,β-unsaturated/α-hetero) is 1. The average Bonchev–Trinajstić information content (AvgIpc) is 2.38. The first-order valence-electron chi connectivity index (χ1n) is 5.46. The second kappa shape index (κ2) is 5.27. The first kappa shape index (κ1) is 12.0. The van der Waals surface area contributed by atoms with Crippen LogP contribution in [0.2, 0.25) is 0 Å². The molecule has 0 saturated carbocycles. The molecule has 0 amide bonds. The zero-order valence-corrected chi connectivity index (χ0v) is 9.96. The summed E-state index contributed by atoms with van der Waals surface area (Å²) in [4.78, 5) is 19.5. The Morgan fingerprint density at radius 2 is 2.06 bits per heavy atom. The van der Waals surface area contributed by atoms with Crippen LogP contribution in [0.15, 0.2) is 36.7 Å². The van der Waals surface area contributed by atoms with Crippen LogP contribution in [0.5, 0.6) is 5.75 Å². The zero-order valence-electron chi connectivity index (χ0n) is 9.96. The van der Waals surface area contributed by atoms with Crippen LogP contribution in [0.4, 0.5) is 5.69 Å². The van der Waals surface area contributed by atoms with E-state index in [9.17, 15) is 4.79 Å². The van der Waals surface area contributed by atoms with Crippen molar-refractivity contribution in [2.24, 2.45) is 0 Å². The number of ether oxygens (including phenoxy) is 1. The summed E-state index contributed by atoms with van der Waals surface area (Å²) in [5.41, 5.74) is 6.63.